The second-order valence-electron chi connectivity index (χ2n) is 3.45. The number of aromatic nitrogens is 1. The number of nitro groups is 1. The predicted molar refractivity (Wildman–Crippen MR) is 59.0 cm³/mol. The lowest BCUT2D eigenvalue weighted by Crippen LogP contribution is -2.11. The Hall–Kier alpha value is -1.92. The van der Waals surface area contributed by atoms with Gasteiger partial charge in [-0.05, 0) is 6.07 Å². The number of aliphatic hydroxyl groups excluding tert-OH is 1. The number of rotatable bonds is 3. The minimum atomic E-state index is -0.818. The number of para-hydroxylation sites is 1. The maximum Gasteiger partial charge on any atom is 0.294 e. The predicted octanol–water partition coefficient (Wildman–Crippen LogP) is 1.07. The number of benzene rings is 1. The van der Waals surface area contributed by atoms with Crippen LogP contribution in [0.3, 0.4) is 0 Å². The van der Waals surface area contributed by atoms with E-state index < -0.39 is 11.0 Å². The summed E-state index contributed by atoms with van der Waals surface area (Å²) in [5.74, 6) is 0. The molecule has 0 aliphatic carbocycles. The van der Waals surface area contributed by atoms with Crippen molar-refractivity contribution in [3.8, 4) is 0 Å². The molecular weight excluding hydrogens is 210 g/mol. The van der Waals surface area contributed by atoms with Crippen LogP contribution in [0.25, 0.3) is 10.9 Å². The summed E-state index contributed by atoms with van der Waals surface area (Å²) in [5.41, 5.74) is 6.50. The summed E-state index contributed by atoms with van der Waals surface area (Å²) in [6, 6.07) is 4.99. The first-order chi connectivity index (χ1) is 7.65. The van der Waals surface area contributed by atoms with E-state index in [4.69, 9.17) is 5.73 Å². The summed E-state index contributed by atoms with van der Waals surface area (Å²) in [4.78, 5) is 13.1. The Bertz CT molecular complexity index is 535. The van der Waals surface area contributed by atoms with E-state index in [0.717, 1.165) is 0 Å². The Morgan fingerprint density at radius 1 is 1.56 bits per heavy atom. The average Bonchev–Trinajstić information content (AvgIpc) is 2.71. The molecule has 1 heterocycles. The zero-order valence-electron chi connectivity index (χ0n) is 8.38. The molecule has 2 aromatic rings. The van der Waals surface area contributed by atoms with Crippen LogP contribution in [0.2, 0.25) is 0 Å². The number of aliphatic hydroxyl groups is 1. The summed E-state index contributed by atoms with van der Waals surface area (Å²) >= 11 is 0. The summed E-state index contributed by atoms with van der Waals surface area (Å²) in [6.07, 6.45) is 0.499. The molecule has 0 aliphatic heterocycles. The van der Waals surface area contributed by atoms with Gasteiger partial charge in [0.15, 0.2) is 0 Å². The summed E-state index contributed by atoms with van der Waals surface area (Å²) in [7, 11) is 0. The van der Waals surface area contributed by atoms with Crippen LogP contribution >= 0.6 is 0 Å². The van der Waals surface area contributed by atoms with Crippen molar-refractivity contribution in [2.75, 3.05) is 6.54 Å². The third kappa shape index (κ3) is 1.54. The summed E-state index contributed by atoms with van der Waals surface area (Å²) in [6.45, 7) is 0.0753. The van der Waals surface area contributed by atoms with Crippen LogP contribution in [0.15, 0.2) is 24.4 Å². The van der Waals surface area contributed by atoms with Gasteiger partial charge in [0.05, 0.1) is 28.1 Å². The highest BCUT2D eigenvalue weighted by atomic mass is 16.6. The van der Waals surface area contributed by atoms with Crippen molar-refractivity contribution < 1.29 is 10.0 Å². The van der Waals surface area contributed by atoms with E-state index in [-0.39, 0.29) is 12.2 Å². The molecule has 1 unspecified atom stereocenters. The first kappa shape index (κ1) is 10.6. The van der Waals surface area contributed by atoms with Crippen molar-refractivity contribution >= 4 is 16.6 Å². The van der Waals surface area contributed by atoms with Gasteiger partial charge in [0.2, 0.25) is 0 Å². The molecular formula is C10H11N3O3. The van der Waals surface area contributed by atoms with Gasteiger partial charge in [-0.2, -0.15) is 0 Å². The minimum Gasteiger partial charge on any atom is -0.387 e. The van der Waals surface area contributed by atoms with Crippen LogP contribution in [0.1, 0.15) is 11.7 Å². The molecule has 0 spiro atoms. The van der Waals surface area contributed by atoms with Crippen LogP contribution < -0.4 is 5.73 Å². The van der Waals surface area contributed by atoms with Gasteiger partial charge in [0.1, 0.15) is 0 Å². The van der Waals surface area contributed by atoms with Crippen molar-refractivity contribution in [3.63, 3.8) is 0 Å². The molecule has 6 heteroatoms. The molecule has 1 aromatic heterocycles. The Labute approximate surface area is 90.8 Å². The van der Waals surface area contributed by atoms with Gasteiger partial charge in [-0.1, -0.05) is 12.1 Å². The van der Waals surface area contributed by atoms with Gasteiger partial charge >= 0.3 is 0 Å². The molecule has 0 amide bonds. The lowest BCUT2D eigenvalue weighted by Gasteiger charge is -2.08. The van der Waals surface area contributed by atoms with E-state index in [0.29, 0.717) is 16.5 Å². The Balaban J connectivity index is 2.66. The molecule has 0 bridgehead atoms. The Morgan fingerprint density at radius 2 is 2.31 bits per heavy atom. The number of aromatic amines is 1. The van der Waals surface area contributed by atoms with E-state index in [1.807, 2.05) is 0 Å². The van der Waals surface area contributed by atoms with Gasteiger partial charge in [0.25, 0.3) is 5.69 Å². The maximum absolute atomic E-state index is 10.7. The summed E-state index contributed by atoms with van der Waals surface area (Å²) in [5, 5.41) is 20.9. The van der Waals surface area contributed by atoms with Gasteiger partial charge < -0.3 is 15.8 Å². The second-order valence-corrected chi connectivity index (χ2v) is 3.45. The van der Waals surface area contributed by atoms with Crippen molar-refractivity contribution in [3.05, 3.63) is 40.1 Å². The largest absolute Gasteiger partial charge is 0.387 e. The average molecular weight is 221 g/mol. The number of H-pyrrole nitrogens is 1. The summed E-state index contributed by atoms with van der Waals surface area (Å²) < 4.78 is 0. The molecule has 0 fully saturated rings. The lowest BCUT2D eigenvalue weighted by atomic mass is 10.1. The number of fused-ring (bicyclic) bond motifs is 1. The lowest BCUT2D eigenvalue weighted by molar-refractivity contribution is -0.383. The first-order valence-corrected chi connectivity index (χ1v) is 4.77. The van der Waals surface area contributed by atoms with Gasteiger partial charge in [0, 0.05) is 12.1 Å². The van der Waals surface area contributed by atoms with E-state index in [1.54, 1.807) is 18.2 Å². The van der Waals surface area contributed by atoms with Gasteiger partial charge in [-0.25, -0.2) is 0 Å². The molecule has 0 saturated heterocycles. The number of nitrogens with two attached hydrogens (primary N) is 1. The number of hydrogen-bond donors (Lipinski definition) is 3. The normalized spacial score (nSPS) is 12.9. The topological polar surface area (TPSA) is 105 Å². The molecule has 4 N–H and O–H groups in total. The van der Waals surface area contributed by atoms with Crippen molar-refractivity contribution in [1.82, 2.24) is 4.98 Å². The molecule has 84 valence electrons. The number of hydrogen-bond acceptors (Lipinski definition) is 4. The maximum atomic E-state index is 10.7. The fourth-order valence-electron chi connectivity index (χ4n) is 1.72. The van der Waals surface area contributed by atoms with E-state index in [9.17, 15) is 15.2 Å². The van der Waals surface area contributed by atoms with Crippen LogP contribution in [0.5, 0.6) is 0 Å². The third-order valence-corrected chi connectivity index (χ3v) is 2.50. The standard InChI is InChI=1S/C10H11N3O3/c11-4-9(14)7-3-1-2-6-8(13(15)16)5-12-10(6)7/h1-3,5,9,12,14H,4,11H2. The van der Waals surface area contributed by atoms with Crippen molar-refractivity contribution in [1.29, 1.82) is 0 Å². The Kier molecular flexibility index (Phi) is 2.59. The number of nitrogens with zero attached hydrogens (tertiary/aromatic N) is 1. The van der Waals surface area contributed by atoms with Crippen molar-refractivity contribution in [2.24, 2.45) is 5.73 Å². The van der Waals surface area contributed by atoms with Gasteiger partial charge in [-0.15, -0.1) is 0 Å². The zero-order chi connectivity index (χ0) is 11.7. The van der Waals surface area contributed by atoms with Gasteiger partial charge in [-0.3, -0.25) is 10.1 Å². The molecule has 0 saturated carbocycles. The van der Waals surface area contributed by atoms with Crippen LogP contribution in [0, 0.1) is 10.1 Å². The van der Waals surface area contributed by atoms with E-state index in [1.165, 1.54) is 6.20 Å². The molecule has 1 aromatic carbocycles. The minimum absolute atomic E-state index is 0.000992. The Morgan fingerprint density at radius 3 is 2.94 bits per heavy atom. The molecule has 0 aliphatic rings. The molecule has 1 atom stereocenters. The first-order valence-electron chi connectivity index (χ1n) is 4.77. The molecule has 16 heavy (non-hydrogen) atoms. The zero-order valence-corrected chi connectivity index (χ0v) is 8.38. The third-order valence-electron chi connectivity index (χ3n) is 2.50. The SMILES string of the molecule is NCC(O)c1cccc2c([N+](=O)[O-])c[nH]c12. The fraction of sp³-hybridized carbons (Fsp3) is 0.200. The highest BCUT2D eigenvalue weighted by Crippen LogP contribution is 2.29. The monoisotopic (exact) mass is 221 g/mol. The quantitative estimate of drug-likeness (QED) is 0.532. The van der Waals surface area contributed by atoms with E-state index in [2.05, 4.69) is 4.98 Å². The van der Waals surface area contributed by atoms with E-state index >= 15 is 0 Å². The van der Waals surface area contributed by atoms with Crippen molar-refractivity contribution in [2.45, 2.75) is 6.10 Å². The van der Waals surface area contributed by atoms with Crippen LogP contribution in [0.4, 0.5) is 5.69 Å². The fourth-order valence-corrected chi connectivity index (χ4v) is 1.72. The molecule has 0 radical (unpaired) electrons. The molecule has 2 rings (SSSR count). The smallest absolute Gasteiger partial charge is 0.294 e. The number of nitrogens with one attached hydrogen (secondary N) is 1. The highest BCUT2D eigenvalue weighted by Gasteiger charge is 2.18. The van der Waals surface area contributed by atoms with Crippen LogP contribution in [-0.4, -0.2) is 21.6 Å². The highest BCUT2D eigenvalue weighted by molar-refractivity contribution is 5.91. The second kappa shape index (κ2) is 3.92. The molecule has 6 nitrogen and oxygen atoms in total. The van der Waals surface area contributed by atoms with Crippen LogP contribution in [-0.2, 0) is 0 Å².